The Bertz CT molecular complexity index is 589. The number of hydrogen-bond donors (Lipinski definition) is 0. The fourth-order valence-corrected chi connectivity index (χ4v) is 4.43. The van der Waals surface area contributed by atoms with E-state index in [-0.39, 0.29) is 0 Å². The molecule has 100 valence electrons. The number of rotatable bonds is 4. The van der Waals surface area contributed by atoms with Crippen molar-refractivity contribution in [3.05, 3.63) is 29.6 Å². The lowest BCUT2D eigenvalue weighted by molar-refractivity contribution is 0.548. The van der Waals surface area contributed by atoms with E-state index in [1.54, 1.807) is 0 Å². The van der Waals surface area contributed by atoms with E-state index in [1.165, 1.54) is 33.8 Å². The molecule has 3 rings (SSSR count). The minimum Gasteiger partial charge on any atom is -0.363 e. The summed E-state index contributed by atoms with van der Waals surface area (Å²) in [5, 5.41) is 3.66. The highest BCUT2D eigenvalue weighted by Crippen LogP contribution is 2.32. The molecule has 1 aliphatic rings. The SMILES string of the molecule is CN1CCCC1=NCCSc1csc2ccccc12. The predicted octanol–water partition coefficient (Wildman–Crippen LogP) is 4.12. The third-order valence-electron chi connectivity index (χ3n) is 3.42. The van der Waals surface area contributed by atoms with Crippen LogP contribution in [-0.4, -0.2) is 36.6 Å². The van der Waals surface area contributed by atoms with Crippen LogP contribution in [0.4, 0.5) is 0 Å². The van der Waals surface area contributed by atoms with Gasteiger partial charge in [-0.15, -0.1) is 23.1 Å². The molecule has 0 saturated carbocycles. The zero-order valence-corrected chi connectivity index (χ0v) is 12.8. The number of fused-ring (bicyclic) bond motifs is 1. The molecule has 0 N–H and O–H groups in total. The summed E-state index contributed by atoms with van der Waals surface area (Å²) in [4.78, 5) is 8.39. The van der Waals surface area contributed by atoms with Crippen molar-refractivity contribution >= 4 is 39.0 Å². The number of thioether (sulfide) groups is 1. The molecule has 0 amide bonds. The molecule has 2 nitrogen and oxygen atoms in total. The fraction of sp³-hybridized carbons (Fsp3) is 0.400. The monoisotopic (exact) mass is 290 g/mol. The van der Waals surface area contributed by atoms with Crippen LogP contribution in [0, 0.1) is 0 Å². The third kappa shape index (κ3) is 2.95. The normalized spacial score (nSPS) is 17.7. The predicted molar refractivity (Wildman–Crippen MR) is 86.7 cm³/mol. The van der Waals surface area contributed by atoms with Crippen molar-refractivity contribution in [1.29, 1.82) is 0 Å². The molecule has 0 aliphatic carbocycles. The van der Waals surface area contributed by atoms with Crippen LogP contribution in [0.1, 0.15) is 12.8 Å². The van der Waals surface area contributed by atoms with Crippen molar-refractivity contribution in [1.82, 2.24) is 4.90 Å². The number of thiophene rings is 1. The van der Waals surface area contributed by atoms with Gasteiger partial charge in [0.05, 0.1) is 12.4 Å². The van der Waals surface area contributed by atoms with E-state index < -0.39 is 0 Å². The van der Waals surface area contributed by atoms with E-state index in [0.29, 0.717) is 0 Å². The fourth-order valence-electron chi connectivity index (χ4n) is 2.39. The molecule has 0 radical (unpaired) electrons. The van der Waals surface area contributed by atoms with Crippen LogP contribution in [0.25, 0.3) is 10.1 Å². The van der Waals surface area contributed by atoms with Gasteiger partial charge in [0.15, 0.2) is 0 Å². The summed E-state index contributed by atoms with van der Waals surface area (Å²) in [5.74, 6) is 2.36. The van der Waals surface area contributed by atoms with Gasteiger partial charge in [0.1, 0.15) is 0 Å². The second-order valence-electron chi connectivity index (χ2n) is 4.77. The van der Waals surface area contributed by atoms with Crippen molar-refractivity contribution in [2.24, 2.45) is 4.99 Å². The Hall–Kier alpha value is -1.00. The average molecular weight is 290 g/mol. The molecular formula is C15H18N2S2. The molecule has 1 aromatic heterocycles. The van der Waals surface area contributed by atoms with Gasteiger partial charge < -0.3 is 4.90 Å². The van der Waals surface area contributed by atoms with E-state index in [9.17, 15) is 0 Å². The molecule has 2 aromatic rings. The number of hydrogen-bond acceptors (Lipinski definition) is 3. The van der Waals surface area contributed by atoms with Crippen LogP contribution in [0.2, 0.25) is 0 Å². The van der Waals surface area contributed by atoms with Crippen LogP contribution in [0.5, 0.6) is 0 Å². The summed E-state index contributed by atoms with van der Waals surface area (Å²) in [6.07, 6.45) is 2.42. The zero-order chi connectivity index (χ0) is 13.1. The van der Waals surface area contributed by atoms with Crippen molar-refractivity contribution in [2.75, 3.05) is 25.9 Å². The van der Waals surface area contributed by atoms with E-state index in [1.807, 2.05) is 23.1 Å². The van der Waals surface area contributed by atoms with E-state index >= 15 is 0 Å². The first-order chi connectivity index (χ1) is 9.34. The maximum Gasteiger partial charge on any atom is 0.0987 e. The molecule has 0 bridgehead atoms. The largest absolute Gasteiger partial charge is 0.363 e. The van der Waals surface area contributed by atoms with Crippen molar-refractivity contribution in [3.8, 4) is 0 Å². The standard InChI is InChI=1S/C15H18N2S2/c1-17-9-4-7-15(17)16-8-10-18-14-11-19-13-6-3-2-5-12(13)14/h2-3,5-6,11H,4,7-10H2,1H3. The molecule has 2 heterocycles. The van der Waals surface area contributed by atoms with Gasteiger partial charge in [-0.1, -0.05) is 18.2 Å². The quantitative estimate of drug-likeness (QED) is 0.622. The Balaban J connectivity index is 1.58. The van der Waals surface area contributed by atoms with Crippen LogP contribution < -0.4 is 0 Å². The molecule has 4 heteroatoms. The Morgan fingerprint density at radius 1 is 1.37 bits per heavy atom. The van der Waals surface area contributed by atoms with Crippen LogP contribution in [0.15, 0.2) is 39.5 Å². The number of nitrogens with zero attached hydrogens (tertiary/aromatic N) is 2. The number of benzene rings is 1. The van der Waals surface area contributed by atoms with Gasteiger partial charge in [-0.3, -0.25) is 4.99 Å². The second kappa shape index (κ2) is 5.97. The lowest BCUT2D eigenvalue weighted by atomic mass is 10.3. The number of aliphatic imine (C=N–C) groups is 1. The average Bonchev–Trinajstić information content (AvgIpc) is 3.02. The number of amidine groups is 1. The summed E-state index contributed by atoms with van der Waals surface area (Å²) < 4.78 is 1.38. The first-order valence-corrected chi connectivity index (χ1v) is 8.54. The third-order valence-corrected chi connectivity index (χ3v) is 5.57. The smallest absolute Gasteiger partial charge is 0.0987 e. The maximum atomic E-state index is 4.71. The summed E-state index contributed by atoms with van der Waals surface area (Å²) in [6.45, 7) is 2.09. The molecular weight excluding hydrogens is 272 g/mol. The van der Waals surface area contributed by atoms with Crippen LogP contribution >= 0.6 is 23.1 Å². The van der Waals surface area contributed by atoms with E-state index in [0.717, 1.165) is 18.7 Å². The molecule has 1 aliphatic heterocycles. The molecule has 0 unspecified atom stereocenters. The summed E-state index contributed by atoms with van der Waals surface area (Å²) >= 11 is 3.76. The molecule has 0 atom stereocenters. The van der Waals surface area contributed by atoms with E-state index in [2.05, 4.69) is 41.6 Å². The molecule has 1 fully saturated rings. The van der Waals surface area contributed by atoms with Gasteiger partial charge in [-0.05, 0) is 12.5 Å². The van der Waals surface area contributed by atoms with Gasteiger partial charge in [0.2, 0.25) is 0 Å². The molecule has 0 spiro atoms. The van der Waals surface area contributed by atoms with Crippen molar-refractivity contribution < 1.29 is 0 Å². The van der Waals surface area contributed by atoms with Crippen LogP contribution in [0.3, 0.4) is 0 Å². The first kappa shape index (κ1) is 13.0. The molecule has 19 heavy (non-hydrogen) atoms. The minimum absolute atomic E-state index is 0.925. The Morgan fingerprint density at radius 3 is 3.11 bits per heavy atom. The highest BCUT2D eigenvalue weighted by Gasteiger charge is 2.13. The molecule has 1 saturated heterocycles. The minimum atomic E-state index is 0.925. The highest BCUT2D eigenvalue weighted by atomic mass is 32.2. The van der Waals surface area contributed by atoms with Crippen molar-refractivity contribution in [3.63, 3.8) is 0 Å². The Labute approximate surface area is 122 Å². The van der Waals surface area contributed by atoms with Gasteiger partial charge in [-0.2, -0.15) is 0 Å². The first-order valence-electron chi connectivity index (χ1n) is 6.68. The number of likely N-dealkylation sites (tertiary alicyclic amines) is 1. The zero-order valence-electron chi connectivity index (χ0n) is 11.1. The van der Waals surface area contributed by atoms with Gasteiger partial charge in [-0.25, -0.2) is 0 Å². The van der Waals surface area contributed by atoms with Gasteiger partial charge in [0.25, 0.3) is 0 Å². The Morgan fingerprint density at radius 2 is 2.26 bits per heavy atom. The highest BCUT2D eigenvalue weighted by molar-refractivity contribution is 7.99. The maximum absolute atomic E-state index is 4.71. The van der Waals surface area contributed by atoms with Crippen LogP contribution in [-0.2, 0) is 0 Å². The van der Waals surface area contributed by atoms with Gasteiger partial charge in [0, 0.05) is 46.1 Å². The Kier molecular flexibility index (Phi) is 4.09. The van der Waals surface area contributed by atoms with Gasteiger partial charge >= 0.3 is 0 Å². The van der Waals surface area contributed by atoms with E-state index in [4.69, 9.17) is 4.99 Å². The lowest BCUT2D eigenvalue weighted by Crippen LogP contribution is -2.19. The topological polar surface area (TPSA) is 15.6 Å². The summed E-state index contributed by atoms with van der Waals surface area (Å²) in [5.41, 5.74) is 0. The summed E-state index contributed by atoms with van der Waals surface area (Å²) in [7, 11) is 2.14. The second-order valence-corrected chi connectivity index (χ2v) is 6.82. The summed E-state index contributed by atoms with van der Waals surface area (Å²) in [6, 6.07) is 8.63. The lowest BCUT2D eigenvalue weighted by Gasteiger charge is -2.10. The molecule has 1 aromatic carbocycles. The van der Waals surface area contributed by atoms with Crippen molar-refractivity contribution in [2.45, 2.75) is 17.7 Å².